The Balaban J connectivity index is 2.44. The monoisotopic (exact) mass is 394 g/mol. The Bertz CT molecular complexity index is 660. The van der Waals surface area contributed by atoms with E-state index in [2.05, 4.69) is 36.8 Å². The molecular weight excluding hydrogens is 390 g/mol. The molecule has 0 fully saturated rings. The summed E-state index contributed by atoms with van der Waals surface area (Å²) in [5, 5.41) is 0.0889. The van der Waals surface area contributed by atoms with Crippen molar-refractivity contribution in [2.75, 3.05) is 0 Å². The first-order valence-corrected chi connectivity index (χ1v) is 6.80. The van der Waals surface area contributed by atoms with Crippen LogP contribution in [0.15, 0.2) is 38.3 Å². The van der Waals surface area contributed by atoms with E-state index in [1.807, 2.05) is 0 Å². The van der Waals surface area contributed by atoms with Gasteiger partial charge in [-0.05, 0) is 34.1 Å². The molecule has 1 heterocycles. The third kappa shape index (κ3) is 2.81. The SMILES string of the molecule is O=c1c(Br)c(Cl)ncn1Cc1cc(Br)ccc1F. The van der Waals surface area contributed by atoms with Gasteiger partial charge in [-0.15, -0.1) is 0 Å². The van der Waals surface area contributed by atoms with E-state index in [1.165, 1.54) is 17.0 Å². The molecule has 0 atom stereocenters. The number of aromatic nitrogens is 2. The molecule has 0 amide bonds. The predicted molar refractivity (Wildman–Crippen MR) is 74.4 cm³/mol. The molecule has 0 aliphatic rings. The Morgan fingerprint density at radius 1 is 1.39 bits per heavy atom. The molecule has 0 aliphatic carbocycles. The van der Waals surface area contributed by atoms with Gasteiger partial charge in [-0.1, -0.05) is 27.5 Å². The lowest BCUT2D eigenvalue weighted by Gasteiger charge is -2.07. The molecule has 0 spiro atoms. The Labute approximate surface area is 124 Å². The van der Waals surface area contributed by atoms with E-state index in [9.17, 15) is 9.18 Å². The molecule has 0 aliphatic heterocycles. The average Bonchev–Trinajstić information content (AvgIpc) is 2.34. The quantitative estimate of drug-likeness (QED) is 0.727. The van der Waals surface area contributed by atoms with E-state index >= 15 is 0 Å². The van der Waals surface area contributed by atoms with Gasteiger partial charge in [-0.25, -0.2) is 9.37 Å². The second-order valence-electron chi connectivity index (χ2n) is 3.52. The topological polar surface area (TPSA) is 34.9 Å². The maximum Gasteiger partial charge on any atom is 0.269 e. The summed E-state index contributed by atoms with van der Waals surface area (Å²) in [6.45, 7) is 0.0902. The zero-order valence-electron chi connectivity index (χ0n) is 8.83. The fraction of sp³-hybridized carbons (Fsp3) is 0.0909. The zero-order chi connectivity index (χ0) is 13.3. The van der Waals surface area contributed by atoms with E-state index in [4.69, 9.17) is 11.6 Å². The van der Waals surface area contributed by atoms with Crippen molar-refractivity contribution in [2.24, 2.45) is 0 Å². The highest BCUT2D eigenvalue weighted by Gasteiger charge is 2.09. The summed E-state index contributed by atoms with van der Waals surface area (Å²) < 4.78 is 15.8. The van der Waals surface area contributed by atoms with Crippen LogP contribution < -0.4 is 5.56 Å². The van der Waals surface area contributed by atoms with Crippen LogP contribution in [0.4, 0.5) is 4.39 Å². The maximum atomic E-state index is 13.6. The van der Waals surface area contributed by atoms with Crippen LogP contribution in [0.3, 0.4) is 0 Å². The lowest BCUT2D eigenvalue weighted by atomic mass is 10.2. The van der Waals surface area contributed by atoms with Crippen molar-refractivity contribution in [2.45, 2.75) is 6.54 Å². The van der Waals surface area contributed by atoms with E-state index in [-0.39, 0.29) is 27.5 Å². The highest BCUT2D eigenvalue weighted by atomic mass is 79.9. The van der Waals surface area contributed by atoms with Crippen LogP contribution in [0.2, 0.25) is 5.15 Å². The lowest BCUT2D eigenvalue weighted by Crippen LogP contribution is -2.22. The first-order valence-electron chi connectivity index (χ1n) is 4.83. The van der Waals surface area contributed by atoms with Crippen molar-refractivity contribution in [1.29, 1.82) is 0 Å². The fourth-order valence-electron chi connectivity index (χ4n) is 1.40. The van der Waals surface area contributed by atoms with Gasteiger partial charge < -0.3 is 0 Å². The predicted octanol–water partition coefficient (Wildman–Crippen LogP) is 3.61. The van der Waals surface area contributed by atoms with Gasteiger partial charge in [0, 0.05) is 10.0 Å². The summed E-state index contributed by atoms with van der Waals surface area (Å²) in [5.41, 5.74) is 0.0388. The molecule has 0 N–H and O–H groups in total. The Hall–Kier alpha value is -0.720. The molecule has 2 rings (SSSR count). The minimum Gasteiger partial charge on any atom is -0.294 e. The second-order valence-corrected chi connectivity index (χ2v) is 5.58. The van der Waals surface area contributed by atoms with Gasteiger partial charge in [0.1, 0.15) is 10.3 Å². The van der Waals surface area contributed by atoms with Crippen LogP contribution in [-0.2, 0) is 6.54 Å². The Kier molecular flexibility index (Phi) is 4.19. The number of benzene rings is 1. The molecule has 0 unspecified atom stereocenters. The van der Waals surface area contributed by atoms with Crippen molar-refractivity contribution >= 4 is 43.5 Å². The minimum atomic E-state index is -0.379. The highest BCUT2D eigenvalue weighted by molar-refractivity contribution is 9.10. The Morgan fingerprint density at radius 2 is 2.11 bits per heavy atom. The van der Waals surface area contributed by atoms with Crippen LogP contribution in [0, 0.1) is 5.82 Å². The van der Waals surface area contributed by atoms with Gasteiger partial charge in [0.2, 0.25) is 0 Å². The molecule has 18 heavy (non-hydrogen) atoms. The molecule has 1 aromatic heterocycles. The molecule has 0 saturated carbocycles. The number of hydrogen-bond donors (Lipinski definition) is 0. The van der Waals surface area contributed by atoms with Crippen molar-refractivity contribution in [3.8, 4) is 0 Å². The summed E-state index contributed by atoms with van der Waals surface area (Å²) in [7, 11) is 0. The van der Waals surface area contributed by atoms with E-state index in [0.29, 0.717) is 5.56 Å². The third-order valence-electron chi connectivity index (χ3n) is 2.29. The van der Waals surface area contributed by atoms with Crippen LogP contribution in [0.1, 0.15) is 5.56 Å². The minimum absolute atomic E-state index is 0.0889. The second kappa shape index (κ2) is 5.50. The first-order chi connectivity index (χ1) is 8.49. The molecular formula is C11H6Br2ClFN2O. The summed E-state index contributed by atoms with van der Waals surface area (Å²) >= 11 is 12.0. The van der Waals surface area contributed by atoms with E-state index in [1.54, 1.807) is 12.1 Å². The number of nitrogens with zero attached hydrogens (tertiary/aromatic N) is 2. The van der Waals surface area contributed by atoms with Crippen LogP contribution in [-0.4, -0.2) is 9.55 Å². The number of rotatable bonds is 2. The average molecular weight is 396 g/mol. The molecule has 0 radical (unpaired) electrons. The largest absolute Gasteiger partial charge is 0.294 e. The number of halogens is 4. The van der Waals surface area contributed by atoms with Crippen molar-refractivity contribution in [3.05, 3.63) is 60.4 Å². The Morgan fingerprint density at radius 3 is 2.83 bits per heavy atom. The molecule has 0 saturated heterocycles. The fourth-order valence-corrected chi connectivity index (χ4v) is 2.27. The van der Waals surface area contributed by atoms with Crippen molar-refractivity contribution < 1.29 is 4.39 Å². The first kappa shape index (κ1) is 13.7. The summed E-state index contributed by atoms with van der Waals surface area (Å²) in [5.74, 6) is -0.379. The van der Waals surface area contributed by atoms with Gasteiger partial charge in [0.25, 0.3) is 5.56 Å². The van der Waals surface area contributed by atoms with Gasteiger partial charge in [0.15, 0.2) is 5.15 Å². The molecule has 1 aromatic carbocycles. The molecule has 2 aromatic rings. The summed E-state index contributed by atoms with van der Waals surface area (Å²) in [4.78, 5) is 15.7. The van der Waals surface area contributed by atoms with Crippen molar-refractivity contribution in [1.82, 2.24) is 9.55 Å². The summed E-state index contributed by atoms with van der Waals surface area (Å²) in [6, 6.07) is 4.55. The number of hydrogen-bond acceptors (Lipinski definition) is 2. The highest BCUT2D eigenvalue weighted by Crippen LogP contribution is 2.17. The summed E-state index contributed by atoms with van der Waals surface area (Å²) in [6.07, 6.45) is 1.29. The maximum absolute atomic E-state index is 13.6. The standard InChI is InChI=1S/C11H6Br2ClFN2O/c12-7-1-2-8(15)6(3-7)4-17-5-16-10(14)9(13)11(17)18/h1-3,5H,4H2. The van der Waals surface area contributed by atoms with E-state index < -0.39 is 0 Å². The van der Waals surface area contributed by atoms with Crippen LogP contribution in [0.5, 0.6) is 0 Å². The van der Waals surface area contributed by atoms with Gasteiger partial charge >= 0.3 is 0 Å². The molecule has 3 nitrogen and oxygen atoms in total. The molecule has 0 bridgehead atoms. The van der Waals surface area contributed by atoms with Crippen LogP contribution >= 0.6 is 43.5 Å². The van der Waals surface area contributed by atoms with Crippen LogP contribution in [0.25, 0.3) is 0 Å². The van der Waals surface area contributed by atoms with Crippen molar-refractivity contribution in [3.63, 3.8) is 0 Å². The van der Waals surface area contributed by atoms with Gasteiger partial charge in [0.05, 0.1) is 12.9 Å². The smallest absolute Gasteiger partial charge is 0.269 e. The molecule has 7 heteroatoms. The molecule has 94 valence electrons. The van der Waals surface area contributed by atoms with Gasteiger partial charge in [-0.2, -0.15) is 0 Å². The zero-order valence-corrected chi connectivity index (χ0v) is 12.8. The third-order valence-corrected chi connectivity index (χ3v) is 4.01. The van der Waals surface area contributed by atoms with E-state index in [0.717, 1.165) is 4.47 Å². The lowest BCUT2D eigenvalue weighted by molar-refractivity contribution is 0.593. The normalized spacial score (nSPS) is 10.7. The van der Waals surface area contributed by atoms with Gasteiger partial charge in [-0.3, -0.25) is 9.36 Å².